The molecule has 244 valence electrons. The summed E-state index contributed by atoms with van der Waals surface area (Å²) in [7, 11) is -7.18. The molecule has 22 heteroatoms. The smallest absolute Gasteiger partial charge is 0.438 e. The molecule has 0 aliphatic heterocycles. The van der Waals surface area contributed by atoms with E-state index in [9.17, 15) is 75.1 Å². The summed E-state index contributed by atoms with van der Waals surface area (Å²) in [5.41, 5.74) is -2.02. The summed E-state index contributed by atoms with van der Waals surface area (Å²) in [6.45, 7) is 0. The number of alkyl halides is 13. The minimum Gasteiger partial charge on any atom is -0.438 e. The summed E-state index contributed by atoms with van der Waals surface area (Å²) in [4.78, 5) is 25.6. The zero-order valence-electron chi connectivity index (χ0n) is 20.3. The number of rotatable bonds is 9. The van der Waals surface area contributed by atoms with Gasteiger partial charge < -0.3 is 14.2 Å². The lowest BCUT2D eigenvalue weighted by Crippen LogP contribution is -2.66. The van der Waals surface area contributed by atoms with Gasteiger partial charge in [0, 0.05) is 0 Å². The van der Waals surface area contributed by atoms with E-state index in [1.54, 1.807) is 0 Å². The predicted molar refractivity (Wildman–Crippen MR) is 105 cm³/mol. The topological polar surface area (TPSA) is 116 Å². The highest BCUT2D eigenvalue weighted by atomic mass is 32.2. The van der Waals surface area contributed by atoms with Crippen molar-refractivity contribution in [2.75, 3.05) is 0 Å². The van der Waals surface area contributed by atoms with Gasteiger partial charge in [-0.25, -0.2) is 13.6 Å². The fourth-order valence-electron chi connectivity index (χ4n) is 6.05. The molecule has 0 radical (unpaired) electrons. The first-order valence-corrected chi connectivity index (χ1v) is 13.1. The Labute approximate surface area is 226 Å². The molecular weight excluding hydrogens is 647 g/mol. The number of hydrogen-bond donors (Lipinski definition) is 1. The second-order valence-electron chi connectivity index (χ2n) is 10.5. The van der Waals surface area contributed by atoms with E-state index in [1.165, 1.54) is 0 Å². The van der Waals surface area contributed by atoms with Gasteiger partial charge in [-0.3, -0.25) is 9.35 Å². The van der Waals surface area contributed by atoms with Crippen LogP contribution in [0.4, 0.5) is 57.1 Å². The average Bonchev–Trinajstić information content (AvgIpc) is 2.75. The molecule has 0 spiro atoms. The van der Waals surface area contributed by atoms with Gasteiger partial charge in [0.1, 0.15) is 0 Å². The van der Waals surface area contributed by atoms with Gasteiger partial charge in [-0.2, -0.15) is 56.7 Å². The van der Waals surface area contributed by atoms with E-state index in [4.69, 9.17) is 4.55 Å². The van der Waals surface area contributed by atoms with Gasteiger partial charge in [0.15, 0.2) is 0 Å². The Morgan fingerprint density at radius 2 is 1.19 bits per heavy atom. The van der Waals surface area contributed by atoms with Gasteiger partial charge in [0.05, 0.1) is 5.41 Å². The standard InChI is InChI=1S/C20H19F13O8S/c21-11(22)10(19(29,30)42(36,37)38)40-16(20(31,32)33,14(35)39-12(17(23,24)25)18(26,27)28)41-13(34)15-4-7-1-8(5-15)3-9(2-7)6-15/h7-12H,1-6H2,(H,36,37,38). The van der Waals surface area contributed by atoms with E-state index in [-0.39, 0.29) is 37.0 Å². The van der Waals surface area contributed by atoms with Gasteiger partial charge in [0.2, 0.25) is 6.10 Å². The van der Waals surface area contributed by atoms with Crippen LogP contribution in [0, 0.1) is 23.2 Å². The van der Waals surface area contributed by atoms with Crippen molar-refractivity contribution < 1.29 is 93.8 Å². The van der Waals surface area contributed by atoms with Crippen LogP contribution in [0.3, 0.4) is 0 Å². The summed E-state index contributed by atoms with van der Waals surface area (Å²) in [5, 5.41) is -6.52. The second-order valence-corrected chi connectivity index (χ2v) is 12.0. The molecule has 4 aliphatic rings. The maximum absolute atomic E-state index is 14.3. The van der Waals surface area contributed by atoms with Crippen LogP contribution >= 0.6 is 0 Å². The SMILES string of the molecule is O=C(OC(OC(C(F)F)C(F)(F)S(=O)(=O)O)(C(=O)OC(C(F)(F)F)C(F)(F)F)C(F)(F)F)C12CC3CC(CC(C3)C1)C2. The first-order valence-electron chi connectivity index (χ1n) is 11.6. The normalized spacial score (nSPS) is 29.0. The van der Waals surface area contributed by atoms with Crippen LogP contribution in [0.2, 0.25) is 0 Å². The van der Waals surface area contributed by atoms with Crippen LogP contribution in [0.1, 0.15) is 38.5 Å². The van der Waals surface area contributed by atoms with Crippen LogP contribution in [0.15, 0.2) is 0 Å². The van der Waals surface area contributed by atoms with Crippen molar-refractivity contribution in [3.05, 3.63) is 0 Å². The quantitative estimate of drug-likeness (QED) is 0.155. The summed E-state index contributed by atoms with van der Waals surface area (Å²) in [5.74, 6) is -13.6. The lowest BCUT2D eigenvalue weighted by Gasteiger charge is -2.55. The molecular formula is C20H19F13O8S. The first kappa shape index (κ1) is 34.4. The molecule has 0 saturated heterocycles. The number of carbonyl (C=O) groups is 2. The first-order chi connectivity index (χ1) is 18.7. The van der Waals surface area contributed by atoms with E-state index in [2.05, 4.69) is 14.2 Å². The molecule has 4 rings (SSSR count). The summed E-state index contributed by atoms with van der Waals surface area (Å²) in [6.07, 6.45) is -35.9. The molecule has 0 aromatic rings. The summed E-state index contributed by atoms with van der Waals surface area (Å²) in [6, 6.07) is 0. The van der Waals surface area contributed by atoms with E-state index in [0.717, 1.165) is 0 Å². The van der Waals surface area contributed by atoms with E-state index < -0.39 is 75.7 Å². The van der Waals surface area contributed by atoms with E-state index >= 15 is 0 Å². The molecule has 4 fully saturated rings. The second kappa shape index (κ2) is 10.5. The molecule has 4 bridgehead atoms. The fraction of sp³-hybridized carbons (Fsp3) is 0.900. The van der Waals surface area contributed by atoms with Gasteiger partial charge in [0.25, 0.3) is 12.5 Å². The van der Waals surface area contributed by atoms with E-state index in [1.807, 2.05) is 0 Å². The molecule has 1 N–H and O–H groups in total. The maximum Gasteiger partial charge on any atom is 0.468 e. The Morgan fingerprint density at radius 1 is 0.786 bits per heavy atom. The molecule has 2 unspecified atom stereocenters. The third-order valence-electron chi connectivity index (χ3n) is 7.37. The van der Waals surface area contributed by atoms with Crippen molar-refractivity contribution >= 4 is 22.1 Å². The highest BCUT2D eigenvalue weighted by molar-refractivity contribution is 7.86. The number of carbonyl (C=O) groups excluding carboxylic acids is 2. The summed E-state index contributed by atoms with van der Waals surface area (Å²) < 4.78 is 217. The minimum atomic E-state index is -7.18. The number of hydrogen-bond acceptors (Lipinski definition) is 7. The Kier molecular flexibility index (Phi) is 8.61. The number of ether oxygens (including phenoxy) is 3. The molecule has 4 saturated carbocycles. The highest BCUT2D eigenvalue weighted by Gasteiger charge is 2.75. The highest BCUT2D eigenvalue weighted by Crippen LogP contribution is 2.61. The van der Waals surface area contributed by atoms with Crippen molar-refractivity contribution in [3.8, 4) is 0 Å². The Balaban J connectivity index is 2.18. The zero-order chi connectivity index (χ0) is 32.5. The van der Waals surface area contributed by atoms with Crippen LogP contribution in [0.5, 0.6) is 0 Å². The van der Waals surface area contributed by atoms with Gasteiger partial charge in [-0.1, -0.05) is 0 Å². The van der Waals surface area contributed by atoms with Crippen molar-refractivity contribution in [3.63, 3.8) is 0 Å². The lowest BCUT2D eigenvalue weighted by molar-refractivity contribution is -0.392. The monoisotopic (exact) mass is 666 g/mol. The third-order valence-corrected chi connectivity index (χ3v) is 8.29. The van der Waals surface area contributed by atoms with Crippen LogP contribution in [-0.4, -0.2) is 73.1 Å². The van der Waals surface area contributed by atoms with Crippen LogP contribution < -0.4 is 0 Å². The largest absolute Gasteiger partial charge is 0.468 e. The van der Waals surface area contributed by atoms with Crippen molar-refractivity contribution in [2.45, 2.75) is 86.7 Å². The van der Waals surface area contributed by atoms with E-state index in [0.29, 0.717) is 19.3 Å². The molecule has 42 heavy (non-hydrogen) atoms. The molecule has 0 aromatic heterocycles. The number of halogens is 13. The third kappa shape index (κ3) is 6.25. The van der Waals surface area contributed by atoms with Crippen molar-refractivity contribution in [1.82, 2.24) is 0 Å². The maximum atomic E-state index is 14.3. The Morgan fingerprint density at radius 3 is 1.50 bits per heavy atom. The van der Waals surface area contributed by atoms with Crippen molar-refractivity contribution in [2.24, 2.45) is 23.2 Å². The zero-order valence-corrected chi connectivity index (χ0v) is 21.1. The molecule has 8 nitrogen and oxygen atoms in total. The summed E-state index contributed by atoms with van der Waals surface area (Å²) >= 11 is 0. The van der Waals surface area contributed by atoms with Gasteiger partial charge >= 0.3 is 51.6 Å². The van der Waals surface area contributed by atoms with Crippen LogP contribution in [0.25, 0.3) is 0 Å². The van der Waals surface area contributed by atoms with Gasteiger partial charge in [-0.15, -0.1) is 0 Å². The number of esters is 2. The minimum absolute atomic E-state index is 0.297. The Bertz CT molecular complexity index is 1110. The lowest BCUT2D eigenvalue weighted by atomic mass is 9.49. The Hall–Kier alpha value is -2.10. The predicted octanol–water partition coefficient (Wildman–Crippen LogP) is 5.17. The molecule has 4 aliphatic carbocycles. The molecule has 0 amide bonds. The van der Waals surface area contributed by atoms with Gasteiger partial charge in [-0.05, 0) is 56.3 Å². The average molecular weight is 666 g/mol. The molecule has 0 heterocycles. The fourth-order valence-corrected chi connectivity index (χ4v) is 6.49. The van der Waals surface area contributed by atoms with Crippen molar-refractivity contribution in [1.29, 1.82) is 0 Å². The molecule has 2 atom stereocenters. The van der Waals surface area contributed by atoms with Crippen LogP contribution in [-0.2, 0) is 33.9 Å². The molecule has 0 aromatic carbocycles.